The minimum atomic E-state index is -3.60. The highest BCUT2D eigenvalue weighted by atomic mass is 32.2. The van der Waals surface area contributed by atoms with Gasteiger partial charge in [0.15, 0.2) is 0 Å². The van der Waals surface area contributed by atoms with E-state index in [1.54, 1.807) is 42.5 Å². The summed E-state index contributed by atoms with van der Waals surface area (Å²) in [5.74, 6) is 0.0620. The van der Waals surface area contributed by atoms with Crippen molar-refractivity contribution in [2.75, 3.05) is 11.3 Å². The van der Waals surface area contributed by atoms with E-state index in [0.29, 0.717) is 12.2 Å². The standard InChI is InChI=1S/C19H22N2O3S/c1-2-14-20-18(22)19(12-13-19)15-8-10-16(11-9-15)21-25(23,24)17-6-4-3-5-7-17/h3-11,21H,2,12-14H2,1H3,(H,20,22). The van der Waals surface area contributed by atoms with E-state index in [0.717, 1.165) is 24.8 Å². The average Bonchev–Trinajstić information content (AvgIpc) is 3.43. The molecule has 132 valence electrons. The summed E-state index contributed by atoms with van der Waals surface area (Å²) >= 11 is 0. The number of amides is 1. The first kappa shape index (κ1) is 17.5. The van der Waals surface area contributed by atoms with Crippen LogP contribution in [0, 0.1) is 0 Å². The lowest BCUT2D eigenvalue weighted by Gasteiger charge is -2.16. The summed E-state index contributed by atoms with van der Waals surface area (Å²) in [4.78, 5) is 12.6. The van der Waals surface area contributed by atoms with Crippen molar-refractivity contribution in [3.63, 3.8) is 0 Å². The number of carbonyl (C=O) groups is 1. The van der Waals surface area contributed by atoms with E-state index in [9.17, 15) is 13.2 Å². The van der Waals surface area contributed by atoms with Crippen LogP contribution >= 0.6 is 0 Å². The van der Waals surface area contributed by atoms with Crippen LogP contribution < -0.4 is 10.0 Å². The molecule has 0 spiro atoms. The fraction of sp³-hybridized carbons (Fsp3) is 0.316. The molecule has 2 aromatic carbocycles. The SMILES string of the molecule is CCCNC(=O)C1(c2ccc(NS(=O)(=O)c3ccccc3)cc2)CC1. The quantitative estimate of drug-likeness (QED) is 0.799. The second-order valence-electron chi connectivity index (χ2n) is 6.33. The lowest BCUT2D eigenvalue weighted by atomic mass is 9.95. The van der Waals surface area contributed by atoms with Crippen molar-refractivity contribution < 1.29 is 13.2 Å². The van der Waals surface area contributed by atoms with E-state index in [1.165, 1.54) is 0 Å². The topological polar surface area (TPSA) is 75.3 Å². The van der Waals surface area contributed by atoms with E-state index in [4.69, 9.17) is 0 Å². The van der Waals surface area contributed by atoms with E-state index in [-0.39, 0.29) is 10.8 Å². The van der Waals surface area contributed by atoms with Crippen molar-refractivity contribution in [3.8, 4) is 0 Å². The Kier molecular flexibility index (Phi) is 4.81. The lowest BCUT2D eigenvalue weighted by molar-refractivity contribution is -0.123. The predicted molar refractivity (Wildman–Crippen MR) is 97.9 cm³/mol. The number of benzene rings is 2. The number of anilines is 1. The van der Waals surface area contributed by atoms with Crippen LogP contribution in [0.1, 0.15) is 31.7 Å². The molecular weight excluding hydrogens is 336 g/mol. The zero-order chi connectivity index (χ0) is 17.9. The molecule has 1 saturated carbocycles. The Labute approximate surface area is 148 Å². The molecule has 0 unspecified atom stereocenters. The average molecular weight is 358 g/mol. The minimum absolute atomic E-state index is 0.0620. The fourth-order valence-electron chi connectivity index (χ4n) is 2.85. The molecule has 5 nitrogen and oxygen atoms in total. The molecule has 25 heavy (non-hydrogen) atoms. The molecular formula is C19H22N2O3S. The summed E-state index contributed by atoms with van der Waals surface area (Å²) < 4.78 is 27.3. The first-order valence-corrected chi connectivity index (χ1v) is 9.93. The molecule has 1 aliphatic carbocycles. The smallest absolute Gasteiger partial charge is 0.261 e. The van der Waals surface area contributed by atoms with Gasteiger partial charge in [-0.3, -0.25) is 9.52 Å². The van der Waals surface area contributed by atoms with Crippen molar-refractivity contribution in [1.29, 1.82) is 0 Å². The highest BCUT2D eigenvalue weighted by molar-refractivity contribution is 7.92. The second kappa shape index (κ2) is 6.88. The molecule has 1 aliphatic rings. The highest BCUT2D eigenvalue weighted by Crippen LogP contribution is 2.48. The van der Waals surface area contributed by atoms with Gasteiger partial charge in [0.25, 0.3) is 10.0 Å². The molecule has 1 amide bonds. The van der Waals surface area contributed by atoms with Crippen molar-refractivity contribution in [2.24, 2.45) is 0 Å². The molecule has 0 atom stereocenters. The van der Waals surface area contributed by atoms with E-state index >= 15 is 0 Å². The van der Waals surface area contributed by atoms with Gasteiger partial charge in [0.2, 0.25) is 5.91 Å². The highest BCUT2D eigenvalue weighted by Gasteiger charge is 2.50. The molecule has 3 rings (SSSR count). The zero-order valence-corrected chi connectivity index (χ0v) is 15.0. The number of sulfonamides is 1. The van der Waals surface area contributed by atoms with E-state index in [1.807, 2.05) is 19.1 Å². The maximum absolute atomic E-state index is 12.4. The monoisotopic (exact) mass is 358 g/mol. The molecule has 0 saturated heterocycles. The summed E-state index contributed by atoms with van der Waals surface area (Å²) in [6.07, 6.45) is 2.57. The molecule has 0 heterocycles. The number of rotatable bonds is 7. The maximum atomic E-state index is 12.4. The third-order valence-electron chi connectivity index (χ3n) is 4.46. The Morgan fingerprint density at radius 1 is 1.04 bits per heavy atom. The molecule has 0 bridgehead atoms. The molecule has 2 N–H and O–H groups in total. The van der Waals surface area contributed by atoms with Gasteiger partial charge in [-0.25, -0.2) is 8.42 Å². The first-order valence-electron chi connectivity index (χ1n) is 8.45. The van der Waals surface area contributed by atoms with E-state index < -0.39 is 15.4 Å². The Balaban J connectivity index is 1.74. The van der Waals surface area contributed by atoms with Crippen molar-refractivity contribution in [2.45, 2.75) is 36.5 Å². The van der Waals surface area contributed by atoms with Gasteiger partial charge in [-0.15, -0.1) is 0 Å². The van der Waals surface area contributed by atoms with Crippen LogP contribution in [0.5, 0.6) is 0 Å². The summed E-state index contributed by atoms with van der Waals surface area (Å²) in [7, 11) is -3.60. The van der Waals surface area contributed by atoms with Crippen molar-refractivity contribution >= 4 is 21.6 Å². The molecule has 6 heteroatoms. The van der Waals surface area contributed by atoms with Gasteiger partial charge in [-0.2, -0.15) is 0 Å². The number of nitrogens with one attached hydrogen (secondary N) is 2. The van der Waals surface area contributed by atoms with Gasteiger partial charge < -0.3 is 5.32 Å². The summed E-state index contributed by atoms with van der Waals surface area (Å²) in [5, 5.41) is 2.96. The Morgan fingerprint density at radius 2 is 1.68 bits per heavy atom. The van der Waals surface area contributed by atoms with Crippen LogP contribution in [-0.4, -0.2) is 20.9 Å². The maximum Gasteiger partial charge on any atom is 0.261 e. The Hall–Kier alpha value is -2.34. The predicted octanol–water partition coefficient (Wildman–Crippen LogP) is 3.05. The van der Waals surface area contributed by atoms with Gasteiger partial charge in [0.05, 0.1) is 10.3 Å². The third kappa shape index (κ3) is 3.69. The summed E-state index contributed by atoms with van der Waals surface area (Å²) in [5.41, 5.74) is 0.979. The Bertz CT molecular complexity index is 842. The zero-order valence-electron chi connectivity index (χ0n) is 14.2. The van der Waals surface area contributed by atoms with Gasteiger partial charge >= 0.3 is 0 Å². The largest absolute Gasteiger partial charge is 0.355 e. The van der Waals surface area contributed by atoms with Gasteiger partial charge in [-0.05, 0) is 49.1 Å². The van der Waals surface area contributed by atoms with Crippen LogP contribution in [0.2, 0.25) is 0 Å². The second-order valence-corrected chi connectivity index (χ2v) is 8.02. The van der Waals surface area contributed by atoms with Crippen LogP contribution in [0.15, 0.2) is 59.5 Å². The fourth-order valence-corrected chi connectivity index (χ4v) is 3.93. The van der Waals surface area contributed by atoms with Gasteiger partial charge in [-0.1, -0.05) is 37.3 Å². The molecule has 2 aromatic rings. The van der Waals surface area contributed by atoms with Gasteiger partial charge in [0.1, 0.15) is 0 Å². The summed E-state index contributed by atoms with van der Waals surface area (Å²) in [6.45, 7) is 2.70. The van der Waals surface area contributed by atoms with Crippen LogP contribution in [0.4, 0.5) is 5.69 Å². The van der Waals surface area contributed by atoms with Crippen LogP contribution in [0.3, 0.4) is 0 Å². The van der Waals surface area contributed by atoms with Crippen LogP contribution in [0.25, 0.3) is 0 Å². The normalized spacial score (nSPS) is 15.4. The number of hydrogen-bond donors (Lipinski definition) is 2. The number of carbonyl (C=O) groups excluding carboxylic acids is 1. The van der Waals surface area contributed by atoms with Crippen LogP contribution in [-0.2, 0) is 20.2 Å². The van der Waals surface area contributed by atoms with Crippen molar-refractivity contribution in [1.82, 2.24) is 5.32 Å². The third-order valence-corrected chi connectivity index (χ3v) is 5.86. The van der Waals surface area contributed by atoms with Gasteiger partial charge in [0, 0.05) is 12.2 Å². The minimum Gasteiger partial charge on any atom is -0.355 e. The number of hydrogen-bond acceptors (Lipinski definition) is 3. The van der Waals surface area contributed by atoms with Crippen molar-refractivity contribution in [3.05, 3.63) is 60.2 Å². The Morgan fingerprint density at radius 3 is 2.24 bits per heavy atom. The molecule has 1 fully saturated rings. The molecule has 0 aliphatic heterocycles. The van der Waals surface area contributed by atoms with E-state index in [2.05, 4.69) is 10.0 Å². The lowest BCUT2D eigenvalue weighted by Crippen LogP contribution is -2.35. The molecule has 0 radical (unpaired) electrons. The summed E-state index contributed by atoms with van der Waals surface area (Å²) in [6, 6.07) is 15.3. The molecule has 0 aromatic heterocycles. The first-order chi connectivity index (χ1) is 12.0.